The SMILES string of the molecule is O=C1CCc2cc(OCCCCCS(=O)(=O)c3ccc(Cl)c(Cl)c3)ccc2N1. The van der Waals surface area contributed by atoms with Crippen LogP contribution in [0.2, 0.25) is 10.0 Å². The molecule has 8 heteroatoms. The zero-order chi connectivity index (χ0) is 20.1. The topological polar surface area (TPSA) is 72.5 Å². The Morgan fingerprint density at radius 1 is 0.964 bits per heavy atom. The highest BCUT2D eigenvalue weighted by molar-refractivity contribution is 7.91. The Morgan fingerprint density at radius 2 is 1.79 bits per heavy atom. The highest BCUT2D eigenvalue weighted by atomic mass is 35.5. The number of hydrogen-bond donors (Lipinski definition) is 1. The van der Waals surface area contributed by atoms with Crippen molar-refractivity contribution >= 4 is 44.6 Å². The van der Waals surface area contributed by atoms with Crippen molar-refractivity contribution in [1.82, 2.24) is 0 Å². The fourth-order valence-electron chi connectivity index (χ4n) is 3.00. The lowest BCUT2D eigenvalue weighted by atomic mass is 10.0. The fraction of sp³-hybridized carbons (Fsp3) is 0.350. The van der Waals surface area contributed by atoms with Gasteiger partial charge in [-0.2, -0.15) is 0 Å². The molecule has 150 valence electrons. The van der Waals surface area contributed by atoms with E-state index in [0.717, 1.165) is 29.8 Å². The number of sulfone groups is 1. The van der Waals surface area contributed by atoms with Crippen molar-refractivity contribution in [2.75, 3.05) is 17.7 Å². The van der Waals surface area contributed by atoms with Crippen LogP contribution in [0.25, 0.3) is 0 Å². The second-order valence-electron chi connectivity index (χ2n) is 6.67. The number of nitrogens with one attached hydrogen (secondary N) is 1. The molecule has 0 atom stereocenters. The summed E-state index contributed by atoms with van der Waals surface area (Å²) >= 11 is 11.7. The summed E-state index contributed by atoms with van der Waals surface area (Å²) in [6, 6.07) is 9.99. The van der Waals surface area contributed by atoms with Crippen LogP contribution < -0.4 is 10.1 Å². The van der Waals surface area contributed by atoms with E-state index in [1.54, 1.807) is 0 Å². The van der Waals surface area contributed by atoms with Crippen LogP contribution in [0.5, 0.6) is 5.75 Å². The van der Waals surface area contributed by atoms with Gasteiger partial charge in [0, 0.05) is 12.1 Å². The van der Waals surface area contributed by atoms with Crippen molar-refractivity contribution in [3.8, 4) is 5.75 Å². The van der Waals surface area contributed by atoms with Crippen LogP contribution in [-0.4, -0.2) is 26.7 Å². The Hall–Kier alpha value is -1.76. The number of carbonyl (C=O) groups excluding carboxylic acids is 1. The molecule has 2 aromatic carbocycles. The fourth-order valence-corrected chi connectivity index (χ4v) is 4.75. The zero-order valence-electron chi connectivity index (χ0n) is 15.2. The predicted octanol–water partition coefficient (Wildman–Crippen LogP) is 4.90. The molecule has 1 amide bonds. The molecule has 3 rings (SSSR count). The third-order valence-corrected chi connectivity index (χ3v) is 7.09. The van der Waals surface area contributed by atoms with Crippen molar-refractivity contribution < 1.29 is 17.9 Å². The standard InChI is InChI=1S/C20H21Cl2NO4S/c21-17-7-6-16(13-18(17)22)28(25,26)11-3-1-2-10-27-15-5-8-19-14(12-15)4-9-20(24)23-19/h5-8,12-13H,1-4,9-11H2,(H,23,24). The molecule has 5 nitrogen and oxygen atoms in total. The maximum atomic E-state index is 12.3. The molecule has 0 unspecified atom stereocenters. The average Bonchev–Trinajstić information content (AvgIpc) is 2.66. The molecule has 1 heterocycles. The summed E-state index contributed by atoms with van der Waals surface area (Å²) in [5.74, 6) is 0.860. The van der Waals surface area contributed by atoms with Crippen LogP contribution in [-0.2, 0) is 21.1 Å². The molecular formula is C20H21Cl2NO4S. The molecule has 1 N–H and O–H groups in total. The molecule has 0 bridgehead atoms. The minimum atomic E-state index is -3.37. The van der Waals surface area contributed by atoms with E-state index in [4.69, 9.17) is 27.9 Å². The number of benzene rings is 2. The van der Waals surface area contributed by atoms with Crippen LogP contribution in [0.1, 0.15) is 31.2 Å². The number of fused-ring (bicyclic) bond motifs is 1. The van der Waals surface area contributed by atoms with Crippen LogP contribution in [0.15, 0.2) is 41.3 Å². The largest absolute Gasteiger partial charge is 0.494 e. The smallest absolute Gasteiger partial charge is 0.224 e. The van der Waals surface area contributed by atoms with E-state index < -0.39 is 9.84 Å². The third kappa shape index (κ3) is 5.40. The van der Waals surface area contributed by atoms with Gasteiger partial charge < -0.3 is 10.1 Å². The maximum Gasteiger partial charge on any atom is 0.224 e. The Morgan fingerprint density at radius 3 is 2.57 bits per heavy atom. The lowest BCUT2D eigenvalue weighted by molar-refractivity contribution is -0.116. The highest BCUT2D eigenvalue weighted by Gasteiger charge is 2.16. The summed E-state index contributed by atoms with van der Waals surface area (Å²) in [6.45, 7) is 0.512. The van der Waals surface area contributed by atoms with Gasteiger partial charge in [0.25, 0.3) is 0 Å². The predicted molar refractivity (Wildman–Crippen MR) is 111 cm³/mol. The molecule has 1 aliphatic heterocycles. The van der Waals surface area contributed by atoms with Gasteiger partial charge >= 0.3 is 0 Å². The first-order valence-corrected chi connectivity index (χ1v) is 11.5. The van der Waals surface area contributed by atoms with Crippen LogP contribution in [0.3, 0.4) is 0 Å². The third-order valence-electron chi connectivity index (χ3n) is 4.55. The second kappa shape index (κ2) is 9.16. The van der Waals surface area contributed by atoms with E-state index in [2.05, 4.69) is 5.32 Å². The lowest BCUT2D eigenvalue weighted by Gasteiger charge is -2.17. The zero-order valence-corrected chi connectivity index (χ0v) is 17.5. The van der Waals surface area contributed by atoms with Crippen molar-refractivity contribution in [3.63, 3.8) is 0 Å². The Kier molecular flexibility index (Phi) is 6.86. The summed E-state index contributed by atoms with van der Waals surface area (Å²) in [5, 5.41) is 3.41. The molecule has 0 aliphatic carbocycles. The van der Waals surface area contributed by atoms with E-state index in [1.807, 2.05) is 18.2 Å². The molecule has 0 aromatic heterocycles. The molecule has 0 fully saturated rings. The van der Waals surface area contributed by atoms with E-state index >= 15 is 0 Å². The molecule has 28 heavy (non-hydrogen) atoms. The van der Waals surface area contributed by atoms with Gasteiger partial charge in [-0.1, -0.05) is 23.2 Å². The Balaban J connectivity index is 1.41. The van der Waals surface area contributed by atoms with Crippen LogP contribution >= 0.6 is 23.2 Å². The highest BCUT2D eigenvalue weighted by Crippen LogP contribution is 2.27. The summed E-state index contributed by atoms with van der Waals surface area (Å²) in [7, 11) is -3.37. The minimum absolute atomic E-state index is 0.0389. The molecule has 0 saturated heterocycles. The Labute approximate surface area is 174 Å². The number of carbonyl (C=O) groups is 1. The maximum absolute atomic E-state index is 12.3. The summed E-state index contributed by atoms with van der Waals surface area (Å²) in [6.07, 6.45) is 3.24. The number of halogens is 2. The van der Waals surface area contributed by atoms with Gasteiger partial charge in [-0.05, 0) is 67.6 Å². The van der Waals surface area contributed by atoms with Gasteiger partial charge in [0.05, 0.1) is 27.3 Å². The van der Waals surface area contributed by atoms with Gasteiger partial charge in [-0.25, -0.2) is 8.42 Å². The van der Waals surface area contributed by atoms with Gasteiger partial charge in [-0.15, -0.1) is 0 Å². The van der Waals surface area contributed by atoms with Crippen LogP contribution in [0.4, 0.5) is 5.69 Å². The van der Waals surface area contributed by atoms with Gasteiger partial charge in [0.2, 0.25) is 5.91 Å². The summed E-state index contributed by atoms with van der Waals surface area (Å²) < 4.78 is 30.4. The van der Waals surface area contributed by atoms with Crippen molar-refractivity contribution in [2.45, 2.75) is 37.0 Å². The first-order chi connectivity index (χ1) is 13.3. The van der Waals surface area contributed by atoms with Crippen molar-refractivity contribution in [3.05, 3.63) is 52.0 Å². The Bertz CT molecular complexity index is 976. The number of hydrogen-bond acceptors (Lipinski definition) is 4. The average molecular weight is 442 g/mol. The molecular weight excluding hydrogens is 421 g/mol. The molecule has 0 spiro atoms. The van der Waals surface area contributed by atoms with Crippen molar-refractivity contribution in [1.29, 1.82) is 0 Å². The van der Waals surface area contributed by atoms with Crippen LogP contribution in [0, 0.1) is 0 Å². The number of amides is 1. The molecule has 0 radical (unpaired) electrons. The van der Waals surface area contributed by atoms with E-state index in [1.165, 1.54) is 18.2 Å². The number of anilines is 1. The number of rotatable bonds is 8. The second-order valence-corrected chi connectivity index (χ2v) is 9.59. The van der Waals surface area contributed by atoms with Crippen molar-refractivity contribution in [2.24, 2.45) is 0 Å². The molecule has 1 aliphatic rings. The molecule has 2 aromatic rings. The monoisotopic (exact) mass is 441 g/mol. The lowest BCUT2D eigenvalue weighted by Crippen LogP contribution is -2.18. The van der Waals surface area contributed by atoms with Gasteiger partial charge in [0.15, 0.2) is 9.84 Å². The number of aryl methyl sites for hydroxylation is 1. The minimum Gasteiger partial charge on any atom is -0.494 e. The quantitative estimate of drug-likeness (QED) is 0.591. The first kappa shape index (κ1) is 21.0. The van der Waals surface area contributed by atoms with Gasteiger partial charge in [-0.3, -0.25) is 4.79 Å². The molecule has 0 saturated carbocycles. The summed E-state index contributed by atoms with van der Waals surface area (Å²) in [4.78, 5) is 11.6. The van der Waals surface area contributed by atoms with E-state index in [0.29, 0.717) is 30.9 Å². The van der Waals surface area contributed by atoms with Gasteiger partial charge in [0.1, 0.15) is 5.75 Å². The van der Waals surface area contributed by atoms with E-state index in [9.17, 15) is 13.2 Å². The summed E-state index contributed by atoms with van der Waals surface area (Å²) in [5.41, 5.74) is 1.92. The first-order valence-electron chi connectivity index (χ1n) is 9.08. The number of ether oxygens (including phenoxy) is 1. The number of unbranched alkanes of at least 4 members (excludes halogenated alkanes) is 2. The normalized spacial score (nSPS) is 13.7. The van der Waals surface area contributed by atoms with E-state index in [-0.39, 0.29) is 21.6 Å².